The van der Waals surface area contributed by atoms with Crippen LogP contribution in [0.3, 0.4) is 0 Å². The van der Waals surface area contributed by atoms with E-state index in [4.69, 9.17) is 4.42 Å². The topological polar surface area (TPSA) is 64.2 Å². The summed E-state index contributed by atoms with van der Waals surface area (Å²) < 4.78 is 7.88. The summed E-state index contributed by atoms with van der Waals surface area (Å²) in [5, 5.41) is 4.52. The molecular formula is C28H24N4O2. The Labute approximate surface area is 197 Å². The van der Waals surface area contributed by atoms with Crippen LogP contribution in [0.1, 0.15) is 35.0 Å². The normalized spacial score (nSPS) is 16.1. The van der Waals surface area contributed by atoms with Crippen molar-refractivity contribution in [2.45, 2.75) is 18.8 Å². The summed E-state index contributed by atoms with van der Waals surface area (Å²) in [4.78, 5) is 20.1. The molecule has 0 bridgehead atoms. The first-order valence-electron chi connectivity index (χ1n) is 11.6. The molecular weight excluding hydrogens is 424 g/mol. The average molecular weight is 449 g/mol. The van der Waals surface area contributed by atoms with Crippen LogP contribution in [0.5, 0.6) is 0 Å². The lowest BCUT2D eigenvalue weighted by Crippen LogP contribution is -2.39. The summed E-state index contributed by atoms with van der Waals surface area (Å²) in [6, 6.07) is 27.6. The number of oxazole rings is 1. The van der Waals surface area contributed by atoms with Crippen molar-refractivity contribution in [1.82, 2.24) is 19.7 Å². The van der Waals surface area contributed by atoms with Gasteiger partial charge in [0.15, 0.2) is 11.5 Å². The Balaban J connectivity index is 1.25. The van der Waals surface area contributed by atoms with Gasteiger partial charge in [-0.3, -0.25) is 4.79 Å². The summed E-state index contributed by atoms with van der Waals surface area (Å²) in [5.41, 5.74) is 5.24. The van der Waals surface area contributed by atoms with Crippen LogP contribution in [0.4, 0.5) is 0 Å². The van der Waals surface area contributed by atoms with Gasteiger partial charge in [0.05, 0.1) is 23.5 Å². The molecule has 1 atom stereocenters. The van der Waals surface area contributed by atoms with Crippen LogP contribution in [-0.2, 0) is 0 Å². The van der Waals surface area contributed by atoms with Gasteiger partial charge in [0.1, 0.15) is 5.52 Å². The maximum absolute atomic E-state index is 13.5. The second-order valence-corrected chi connectivity index (χ2v) is 8.65. The van der Waals surface area contributed by atoms with Gasteiger partial charge in [-0.25, -0.2) is 9.67 Å². The molecule has 0 saturated carbocycles. The third kappa shape index (κ3) is 3.77. The van der Waals surface area contributed by atoms with E-state index in [0.717, 1.165) is 53.3 Å². The fourth-order valence-electron chi connectivity index (χ4n) is 4.72. The summed E-state index contributed by atoms with van der Waals surface area (Å²) in [6.07, 6.45) is 3.67. The lowest BCUT2D eigenvalue weighted by molar-refractivity contribution is 0.0699. The Morgan fingerprint density at radius 1 is 0.941 bits per heavy atom. The molecule has 34 heavy (non-hydrogen) atoms. The van der Waals surface area contributed by atoms with E-state index in [1.165, 1.54) is 0 Å². The second-order valence-electron chi connectivity index (χ2n) is 8.65. The zero-order chi connectivity index (χ0) is 22.9. The average Bonchev–Trinajstić information content (AvgIpc) is 3.57. The molecule has 0 aliphatic carbocycles. The lowest BCUT2D eigenvalue weighted by Gasteiger charge is -2.31. The summed E-state index contributed by atoms with van der Waals surface area (Å²) in [5.74, 6) is 0.844. The number of hydrogen-bond acceptors (Lipinski definition) is 4. The van der Waals surface area contributed by atoms with Crippen molar-refractivity contribution in [3.05, 3.63) is 103 Å². The summed E-state index contributed by atoms with van der Waals surface area (Å²) in [6.45, 7) is 1.34. The number of carbonyl (C=O) groups excluding carboxylic acids is 1. The smallest absolute Gasteiger partial charge is 0.253 e. The fourth-order valence-corrected chi connectivity index (χ4v) is 4.72. The van der Waals surface area contributed by atoms with Crippen LogP contribution in [-0.4, -0.2) is 38.7 Å². The van der Waals surface area contributed by atoms with Crippen LogP contribution in [0.25, 0.3) is 28.0 Å². The third-order valence-corrected chi connectivity index (χ3v) is 6.42. The van der Waals surface area contributed by atoms with E-state index in [1.807, 2.05) is 82.4 Å². The molecule has 0 N–H and O–H groups in total. The van der Waals surface area contributed by atoms with Crippen LogP contribution in [0.15, 0.2) is 95.5 Å². The maximum atomic E-state index is 13.5. The van der Waals surface area contributed by atoms with E-state index in [2.05, 4.69) is 22.2 Å². The lowest BCUT2D eigenvalue weighted by atomic mass is 9.97. The monoisotopic (exact) mass is 448 g/mol. The molecule has 0 spiro atoms. The fraction of sp³-hybridized carbons (Fsp3) is 0.179. The number of hydrogen-bond donors (Lipinski definition) is 0. The van der Waals surface area contributed by atoms with Gasteiger partial charge < -0.3 is 9.32 Å². The zero-order valence-electron chi connectivity index (χ0n) is 18.7. The molecule has 1 aliphatic rings. The van der Waals surface area contributed by atoms with E-state index in [0.29, 0.717) is 12.1 Å². The highest BCUT2D eigenvalue weighted by molar-refractivity contribution is 5.95. The molecule has 1 fully saturated rings. The molecule has 2 aromatic heterocycles. The van der Waals surface area contributed by atoms with Gasteiger partial charge in [0.2, 0.25) is 0 Å². The van der Waals surface area contributed by atoms with Crippen LogP contribution >= 0.6 is 0 Å². The Hall–Kier alpha value is -4.19. The minimum Gasteiger partial charge on any atom is -0.440 e. The molecule has 1 amide bonds. The molecule has 1 aliphatic heterocycles. The summed E-state index contributed by atoms with van der Waals surface area (Å²) >= 11 is 0. The molecule has 3 aromatic carbocycles. The number of benzene rings is 3. The number of para-hydroxylation sites is 2. The van der Waals surface area contributed by atoms with Crippen LogP contribution in [0.2, 0.25) is 0 Å². The molecule has 6 rings (SSSR count). The second kappa shape index (κ2) is 8.63. The highest BCUT2D eigenvalue weighted by Gasteiger charge is 2.29. The Bertz CT molecular complexity index is 1420. The zero-order valence-corrected chi connectivity index (χ0v) is 18.7. The van der Waals surface area contributed by atoms with E-state index >= 15 is 0 Å². The largest absolute Gasteiger partial charge is 0.440 e. The van der Waals surface area contributed by atoms with Crippen molar-refractivity contribution in [2.24, 2.45) is 0 Å². The molecule has 0 radical (unpaired) electrons. The molecule has 1 unspecified atom stereocenters. The Morgan fingerprint density at radius 2 is 1.79 bits per heavy atom. The van der Waals surface area contributed by atoms with Crippen molar-refractivity contribution in [1.29, 1.82) is 0 Å². The number of rotatable bonds is 4. The van der Waals surface area contributed by atoms with E-state index in [9.17, 15) is 4.79 Å². The van der Waals surface area contributed by atoms with E-state index in [-0.39, 0.29) is 11.8 Å². The number of aromatic nitrogens is 3. The molecule has 6 nitrogen and oxygen atoms in total. The van der Waals surface area contributed by atoms with Crippen molar-refractivity contribution in [3.63, 3.8) is 0 Å². The SMILES string of the molecule is O=C(c1cccc(-n2nccc2-c2ccccc2)c1)N1CCCC(c2nc3ccccc3o2)C1. The number of carbonyl (C=O) groups is 1. The highest BCUT2D eigenvalue weighted by Crippen LogP contribution is 2.30. The first-order valence-corrected chi connectivity index (χ1v) is 11.6. The molecule has 168 valence electrons. The van der Waals surface area contributed by atoms with Crippen LogP contribution in [0, 0.1) is 0 Å². The Morgan fingerprint density at radius 3 is 2.68 bits per heavy atom. The van der Waals surface area contributed by atoms with Gasteiger partial charge in [-0.2, -0.15) is 5.10 Å². The van der Waals surface area contributed by atoms with Gasteiger partial charge in [0, 0.05) is 24.2 Å². The predicted octanol–water partition coefficient (Wildman–Crippen LogP) is 5.70. The molecule has 1 saturated heterocycles. The van der Waals surface area contributed by atoms with Gasteiger partial charge in [-0.05, 0) is 49.2 Å². The van der Waals surface area contributed by atoms with Gasteiger partial charge in [0.25, 0.3) is 5.91 Å². The third-order valence-electron chi connectivity index (χ3n) is 6.42. The highest BCUT2D eigenvalue weighted by atomic mass is 16.3. The quantitative estimate of drug-likeness (QED) is 0.354. The number of piperidine rings is 1. The number of nitrogens with zero attached hydrogens (tertiary/aromatic N) is 4. The minimum absolute atomic E-state index is 0.0241. The van der Waals surface area contributed by atoms with Crippen LogP contribution < -0.4 is 0 Å². The predicted molar refractivity (Wildman–Crippen MR) is 131 cm³/mol. The van der Waals surface area contributed by atoms with Gasteiger partial charge in [-0.15, -0.1) is 0 Å². The molecule has 6 heteroatoms. The van der Waals surface area contributed by atoms with Crippen molar-refractivity contribution in [2.75, 3.05) is 13.1 Å². The molecule has 3 heterocycles. The number of fused-ring (bicyclic) bond motifs is 1. The minimum atomic E-state index is 0.0241. The molecule has 5 aromatic rings. The van der Waals surface area contributed by atoms with Crippen molar-refractivity contribution in [3.8, 4) is 16.9 Å². The van der Waals surface area contributed by atoms with E-state index in [1.54, 1.807) is 6.20 Å². The number of likely N-dealkylation sites (tertiary alicyclic amines) is 1. The van der Waals surface area contributed by atoms with Gasteiger partial charge in [-0.1, -0.05) is 48.5 Å². The Kier molecular flexibility index (Phi) is 5.18. The first kappa shape index (κ1) is 20.4. The first-order chi connectivity index (χ1) is 16.8. The number of amides is 1. The van der Waals surface area contributed by atoms with E-state index < -0.39 is 0 Å². The standard InChI is InChI=1S/C28H24N4O2/c33-28(31-17-7-11-22(19-31)27-30-24-13-4-5-14-26(24)34-27)21-10-6-12-23(18-21)32-25(15-16-29-32)20-8-2-1-3-9-20/h1-6,8-10,12-16,18,22H,7,11,17,19H2. The van der Waals surface area contributed by atoms with Gasteiger partial charge >= 0.3 is 0 Å². The summed E-state index contributed by atoms with van der Waals surface area (Å²) in [7, 11) is 0. The maximum Gasteiger partial charge on any atom is 0.253 e. The van der Waals surface area contributed by atoms with Crippen molar-refractivity contribution < 1.29 is 9.21 Å². The van der Waals surface area contributed by atoms with Crippen molar-refractivity contribution >= 4 is 17.0 Å².